The lowest BCUT2D eigenvalue weighted by Crippen LogP contribution is -2.48. The van der Waals surface area contributed by atoms with Crippen LogP contribution in [-0.4, -0.2) is 56.8 Å². The van der Waals surface area contributed by atoms with E-state index in [1.54, 1.807) is 11.3 Å². The summed E-state index contributed by atoms with van der Waals surface area (Å²) in [6.45, 7) is 5.44. The zero-order chi connectivity index (χ0) is 15.8. The summed E-state index contributed by atoms with van der Waals surface area (Å²) in [5.41, 5.74) is 0.895. The van der Waals surface area contributed by atoms with Gasteiger partial charge in [-0.25, -0.2) is 4.98 Å². The molecule has 4 heterocycles. The first-order valence-corrected chi connectivity index (χ1v) is 9.59. The van der Waals surface area contributed by atoms with E-state index in [2.05, 4.69) is 21.7 Å². The molecule has 2 atom stereocenters. The molecule has 2 aromatic heterocycles. The van der Waals surface area contributed by atoms with E-state index in [-0.39, 0.29) is 5.91 Å². The number of thiazole rings is 1. The smallest absolute Gasteiger partial charge is 0.228 e. The maximum absolute atomic E-state index is 12.8. The van der Waals surface area contributed by atoms with E-state index in [9.17, 15) is 4.79 Å². The normalized spacial score (nSPS) is 25.7. The third-order valence-corrected chi connectivity index (χ3v) is 6.13. The molecule has 2 aromatic rings. The maximum atomic E-state index is 12.8. The largest absolute Gasteiger partial charge is 0.338 e. The third kappa shape index (κ3) is 2.78. The molecule has 23 heavy (non-hydrogen) atoms. The zero-order valence-corrected chi connectivity index (χ0v) is 14.5. The summed E-state index contributed by atoms with van der Waals surface area (Å²) < 4.78 is 2.00. The van der Waals surface area contributed by atoms with Gasteiger partial charge in [0.2, 0.25) is 5.91 Å². The van der Waals surface area contributed by atoms with Crippen LogP contribution in [0.5, 0.6) is 0 Å². The van der Waals surface area contributed by atoms with Gasteiger partial charge in [0.05, 0.1) is 12.1 Å². The number of aromatic nitrogens is 2. The first-order chi connectivity index (χ1) is 11.3. The summed E-state index contributed by atoms with van der Waals surface area (Å²) in [5.74, 6) is 0.251. The Kier molecular flexibility index (Phi) is 4.11. The molecular formula is C17H24N4OS. The molecule has 4 rings (SSSR count). The van der Waals surface area contributed by atoms with Gasteiger partial charge >= 0.3 is 0 Å². The average molecular weight is 332 g/mol. The van der Waals surface area contributed by atoms with Crippen LogP contribution in [-0.2, 0) is 11.2 Å². The predicted molar refractivity (Wildman–Crippen MR) is 91.8 cm³/mol. The van der Waals surface area contributed by atoms with E-state index in [0.717, 1.165) is 36.6 Å². The molecule has 5 nitrogen and oxygen atoms in total. The molecule has 2 saturated heterocycles. The summed E-state index contributed by atoms with van der Waals surface area (Å²) in [4.78, 5) is 23.1. The van der Waals surface area contributed by atoms with Gasteiger partial charge in [0.25, 0.3) is 0 Å². The fourth-order valence-electron chi connectivity index (χ4n) is 4.30. The van der Waals surface area contributed by atoms with Crippen molar-refractivity contribution in [2.45, 2.75) is 51.1 Å². The number of rotatable bonds is 4. The van der Waals surface area contributed by atoms with Crippen LogP contribution in [0.3, 0.4) is 0 Å². The van der Waals surface area contributed by atoms with Gasteiger partial charge in [-0.15, -0.1) is 11.3 Å². The van der Waals surface area contributed by atoms with Crippen molar-refractivity contribution in [3.63, 3.8) is 0 Å². The molecule has 2 fully saturated rings. The second-order valence-corrected chi connectivity index (χ2v) is 7.51. The van der Waals surface area contributed by atoms with Crippen molar-refractivity contribution in [3.05, 3.63) is 23.5 Å². The lowest BCUT2D eigenvalue weighted by atomic mass is 10.0. The molecule has 0 aliphatic carbocycles. The minimum Gasteiger partial charge on any atom is -0.338 e. The summed E-state index contributed by atoms with van der Waals surface area (Å²) in [6, 6.07) is 0.977. The van der Waals surface area contributed by atoms with Crippen molar-refractivity contribution in [2.75, 3.05) is 19.6 Å². The Hall–Kier alpha value is -1.40. The standard InChI is InChI=1S/C17H24N4OS/c1-2-19-7-3-5-14(19)15-6-4-8-21(15)16(22)11-13-12-20-9-10-23-17(20)18-13/h9-10,12,14-15H,2-8,11H2,1H3. The quantitative estimate of drug-likeness (QED) is 0.863. The van der Waals surface area contributed by atoms with E-state index in [0.29, 0.717) is 18.5 Å². The van der Waals surface area contributed by atoms with Crippen LogP contribution < -0.4 is 0 Å². The van der Waals surface area contributed by atoms with Gasteiger partial charge in [-0.05, 0) is 38.8 Å². The molecule has 0 N–H and O–H groups in total. The van der Waals surface area contributed by atoms with Gasteiger partial charge < -0.3 is 4.90 Å². The highest BCUT2D eigenvalue weighted by molar-refractivity contribution is 7.15. The molecule has 2 aliphatic heterocycles. The second-order valence-electron chi connectivity index (χ2n) is 6.64. The van der Waals surface area contributed by atoms with E-state index in [4.69, 9.17) is 0 Å². The molecule has 0 radical (unpaired) electrons. The number of fused-ring (bicyclic) bond motifs is 1. The van der Waals surface area contributed by atoms with E-state index in [1.807, 2.05) is 22.2 Å². The van der Waals surface area contributed by atoms with Crippen LogP contribution in [0.4, 0.5) is 0 Å². The summed E-state index contributed by atoms with van der Waals surface area (Å²) >= 11 is 1.61. The number of amides is 1. The minimum atomic E-state index is 0.251. The lowest BCUT2D eigenvalue weighted by Gasteiger charge is -2.34. The number of hydrogen-bond acceptors (Lipinski definition) is 4. The highest BCUT2D eigenvalue weighted by Gasteiger charge is 2.39. The van der Waals surface area contributed by atoms with Gasteiger partial charge in [-0.1, -0.05) is 6.92 Å². The van der Waals surface area contributed by atoms with Gasteiger partial charge in [-0.3, -0.25) is 14.1 Å². The number of hydrogen-bond donors (Lipinski definition) is 0. The average Bonchev–Trinajstić information content (AvgIpc) is 3.28. The van der Waals surface area contributed by atoms with Gasteiger partial charge in [0.1, 0.15) is 0 Å². The summed E-state index contributed by atoms with van der Waals surface area (Å²) in [7, 11) is 0. The molecule has 2 unspecified atom stereocenters. The molecule has 0 spiro atoms. The van der Waals surface area contributed by atoms with E-state index in [1.165, 1.54) is 19.4 Å². The maximum Gasteiger partial charge on any atom is 0.228 e. The van der Waals surface area contributed by atoms with Crippen LogP contribution in [0.1, 0.15) is 38.3 Å². The first kappa shape index (κ1) is 15.1. The number of likely N-dealkylation sites (N-methyl/N-ethyl adjacent to an activating group) is 1. The molecule has 2 aliphatic rings. The van der Waals surface area contributed by atoms with Crippen molar-refractivity contribution in [3.8, 4) is 0 Å². The van der Waals surface area contributed by atoms with Crippen LogP contribution in [0, 0.1) is 0 Å². The Balaban J connectivity index is 1.47. The lowest BCUT2D eigenvalue weighted by molar-refractivity contribution is -0.132. The number of nitrogens with zero attached hydrogens (tertiary/aromatic N) is 4. The monoisotopic (exact) mass is 332 g/mol. The van der Waals surface area contributed by atoms with Crippen molar-refractivity contribution < 1.29 is 4.79 Å². The Labute approximate surface area is 140 Å². The van der Waals surface area contributed by atoms with Crippen molar-refractivity contribution in [2.24, 2.45) is 0 Å². The van der Waals surface area contributed by atoms with Crippen LogP contribution in [0.25, 0.3) is 4.96 Å². The Morgan fingerprint density at radius 3 is 2.96 bits per heavy atom. The highest BCUT2D eigenvalue weighted by atomic mass is 32.1. The van der Waals surface area contributed by atoms with E-state index < -0.39 is 0 Å². The Bertz CT molecular complexity index is 665. The van der Waals surface area contributed by atoms with Crippen molar-refractivity contribution in [1.29, 1.82) is 0 Å². The van der Waals surface area contributed by atoms with Crippen LogP contribution >= 0.6 is 11.3 Å². The predicted octanol–water partition coefficient (Wildman–Crippen LogP) is 2.41. The van der Waals surface area contributed by atoms with Crippen molar-refractivity contribution >= 4 is 22.2 Å². The van der Waals surface area contributed by atoms with Gasteiger partial charge in [0.15, 0.2) is 4.96 Å². The van der Waals surface area contributed by atoms with Gasteiger partial charge in [-0.2, -0.15) is 0 Å². The Morgan fingerprint density at radius 2 is 2.13 bits per heavy atom. The molecule has 124 valence electrons. The van der Waals surface area contributed by atoms with Crippen molar-refractivity contribution in [1.82, 2.24) is 19.2 Å². The fourth-order valence-corrected chi connectivity index (χ4v) is 5.02. The number of imidazole rings is 1. The first-order valence-electron chi connectivity index (χ1n) is 8.71. The van der Waals surface area contributed by atoms with Crippen LogP contribution in [0.15, 0.2) is 17.8 Å². The molecule has 0 saturated carbocycles. The summed E-state index contributed by atoms with van der Waals surface area (Å²) in [5, 5.41) is 2.02. The fraction of sp³-hybridized carbons (Fsp3) is 0.647. The molecular weight excluding hydrogens is 308 g/mol. The second kappa shape index (κ2) is 6.24. The molecule has 6 heteroatoms. The summed E-state index contributed by atoms with van der Waals surface area (Å²) in [6.07, 6.45) is 9.23. The Morgan fingerprint density at radius 1 is 1.30 bits per heavy atom. The highest BCUT2D eigenvalue weighted by Crippen LogP contribution is 2.30. The van der Waals surface area contributed by atoms with Gasteiger partial charge in [0, 0.05) is 36.4 Å². The number of carbonyl (C=O) groups excluding carboxylic acids is 1. The molecule has 1 amide bonds. The molecule has 0 aromatic carbocycles. The van der Waals surface area contributed by atoms with E-state index >= 15 is 0 Å². The third-order valence-electron chi connectivity index (χ3n) is 5.36. The number of carbonyl (C=O) groups is 1. The minimum absolute atomic E-state index is 0.251. The SMILES string of the molecule is CCN1CCCC1C1CCCN1C(=O)Cc1cn2ccsc2n1. The topological polar surface area (TPSA) is 40.9 Å². The zero-order valence-electron chi connectivity index (χ0n) is 13.6. The van der Waals surface area contributed by atoms with Crippen LogP contribution in [0.2, 0.25) is 0 Å². The number of likely N-dealkylation sites (tertiary alicyclic amines) is 2. The molecule has 0 bridgehead atoms.